The Hall–Kier alpha value is -3.23. The van der Waals surface area contributed by atoms with Crippen LogP contribution in [-0.2, 0) is 22.6 Å². The highest BCUT2D eigenvalue weighted by molar-refractivity contribution is 7.90. The maximum absolute atomic E-state index is 13.7. The van der Waals surface area contributed by atoms with E-state index in [-0.39, 0.29) is 34.3 Å². The number of pyridine rings is 1. The average Bonchev–Trinajstić information content (AvgIpc) is 2.87. The monoisotopic (exact) mass is 538 g/mol. The van der Waals surface area contributed by atoms with E-state index in [2.05, 4.69) is 26.1 Å². The Morgan fingerprint density at radius 3 is 2.29 bits per heavy atom. The molecule has 0 radical (unpaired) electrons. The average molecular weight is 539 g/mol. The van der Waals surface area contributed by atoms with Crippen LogP contribution >= 0.6 is 0 Å². The van der Waals surface area contributed by atoms with E-state index >= 15 is 0 Å². The van der Waals surface area contributed by atoms with Crippen molar-refractivity contribution in [3.05, 3.63) is 87.3 Å². The first kappa shape index (κ1) is 29.3. The van der Waals surface area contributed by atoms with Crippen LogP contribution < -0.4 is 15.6 Å². The molecule has 0 aliphatic heterocycles. The molecule has 3 rings (SSSR count). The number of hydrogen-bond acceptors (Lipinski definition) is 6. The molecule has 2 aromatic carbocycles. The fraction of sp³-hybridized carbons (Fsp3) is 0.400. The summed E-state index contributed by atoms with van der Waals surface area (Å²) in [6.07, 6.45) is 1.73. The van der Waals surface area contributed by atoms with E-state index in [1.165, 1.54) is 4.57 Å². The van der Waals surface area contributed by atoms with Gasteiger partial charge >= 0.3 is 0 Å². The number of rotatable bonds is 10. The third-order valence-electron chi connectivity index (χ3n) is 6.46. The second-order valence-corrected chi connectivity index (χ2v) is 13.2. The van der Waals surface area contributed by atoms with Gasteiger partial charge in [0.2, 0.25) is 0 Å². The van der Waals surface area contributed by atoms with Crippen molar-refractivity contribution in [3.63, 3.8) is 0 Å². The van der Waals surface area contributed by atoms with E-state index < -0.39 is 9.84 Å². The quantitative estimate of drug-likeness (QED) is 0.368. The van der Waals surface area contributed by atoms with Crippen molar-refractivity contribution in [1.29, 1.82) is 0 Å². The number of hydrogen-bond donors (Lipinski definition) is 1. The van der Waals surface area contributed by atoms with Gasteiger partial charge < -0.3 is 14.6 Å². The van der Waals surface area contributed by atoms with Crippen LogP contribution in [0.2, 0.25) is 0 Å². The lowest BCUT2D eigenvalue weighted by Gasteiger charge is -2.25. The molecule has 0 amide bonds. The predicted molar refractivity (Wildman–Crippen MR) is 153 cm³/mol. The zero-order valence-corrected chi connectivity index (χ0v) is 24.1. The highest BCUT2D eigenvalue weighted by Gasteiger charge is 2.23. The lowest BCUT2D eigenvalue weighted by atomic mass is 9.89. The zero-order valence-electron chi connectivity index (χ0n) is 23.3. The van der Waals surface area contributed by atoms with Gasteiger partial charge in [-0.3, -0.25) is 9.59 Å². The minimum Gasteiger partial charge on any atom is -0.497 e. The number of aryl methyl sites for hydroxylation is 1. The maximum atomic E-state index is 13.7. The minimum atomic E-state index is -3.30. The summed E-state index contributed by atoms with van der Waals surface area (Å²) in [6, 6.07) is 13.4. The number of aromatic nitrogens is 1. The van der Waals surface area contributed by atoms with E-state index in [4.69, 9.17) is 4.74 Å². The second kappa shape index (κ2) is 11.7. The van der Waals surface area contributed by atoms with Crippen molar-refractivity contribution < 1.29 is 17.9 Å². The Kier molecular flexibility index (Phi) is 9.00. The minimum absolute atomic E-state index is 0.0215. The molecular formula is C30H38N2O5S. The molecule has 0 fully saturated rings. The van der Waals surface area contributed by atoms with E-state index in [0.717, 1.165) is 12.1 Å². The Morgan fingerprint density at radius 2 is 1.71 bits per heavy atom. The predicted octanol–water partition coefficient (Wildman–Crippen LogP) is 4.92. The Bertz CT molecular complexity index is 1470. The molecule has 38 heavy (non-hydrogen) atoms. The molecule has 7 nitrogen and oxygen atoms in total. The molecule has 0 saturated heterocycles. The third kappa shape index (κ3) is 7.20. The molecule has 1 N–H and O–H groups in total. The number of sulfone groups is 1. The van der Waals surface area contributed by atoms with E-state index in [1.807, 2.05) is 6.92 Å². The second-order valence-electron chi connectivity index (χ2n) is 10.9. The highest BCUT2D eigenvalue weighted by atomic mass is 32.2. The van der Waals surface area contributed by atoms with Crippen LogP contribution in [0, 0.1) is 5.41 Å². The fourth-order valence-electron chi connectivity index (χ4n) is 4.15. The zero-order chi connectivity index (χ0) is 28.3. The van der Waals surface area contributed by atoms with Gasteiger partial charge in [-0.2, -0.15) is 0 Å². The Morgan fingerprint density at radius 1 is 1.05 bits per heavy atom. The number of carbonyl (C=O) groups is 1. The van der Waals surface area contributed by atoms with Gasteiger partial charge in [0.15, 0.2) is 15.6 Å². The third-order valence-corrected chi connectivity index (χ3v) is 8.12. The summed E-state index contributed by atoms with van der Waals surface area (Å²) in [7, 11) is -0.0677. The first-order valence-electron chi connectivity index (χ1n) is 12.7. The first-order valence-corrected chi connectivity index (χ1v) is 14.5. The number of ketones is 1. The SMILES string of the molecule is CCS(=O)(=O)Cc1ccc(C(=O)c2ccc(OC)cc2)c(-c2cn(C)c(=O)cc2[C@H](C)NCC(C)(C)C)c1. The van der Waals surface area contributed by atoms with Gasteiger partial charge in [0.05, 0.1) is 12.9 Å². The van der Waals surface area contributed by atoms with Crippen molar-refractivity contribution in [1.82, 2.24) is 9.88 Å². The number of ether oxygens (including phenoxy) is 1. The molecule has 3 aromatic rings. The van der Waals surface area contributed by atoms with Crippen LogP contribution in [0.15, 0.2) is 59.5 Å². The van der Waals surface area contributed by atoms with Gasteiger partial charge in [0.25, 0.3) is 5.56 Å². The molecule has 1 heterocycles. The van der Waals surface area contributed by atoms with Crippen LogP contribution in [0.3, 0.4) is 0 Å². The molecule has 1 aromatic heterocycles. The maximum Gasteiger partial charge on any atom is 0.250 e. The number of carbonyl (C=O) groups excluding carboxylic acids is 1. The van der Waals surface area contributed by atoms with Crippen LogP contribution in [0.4, 0.5) is 0 Å². The smallest absolute Gasteiger partial charge is 0.250 e. The number of nitrogens with one attached hydrogen (secondary N) is 1. The van der Waals surface area contributed by atoms with Crippen molar-refractivity contribution in [2.45, 2.75) is 46.4 Å². The lowest BCUT2D eigenvalue weighted by molar-refractivity contribution is 0.103. The summed E-state index contributed by atoms with van der Waals surface area (Å²) >= 11 is 0. The van der Waals surface area contributed by atoms with Gasteiger partial charge in [-0.15, -0.1) is 0 Å². The summed E-state index contributed by atoms with van der Waals surface area (Å²) < 4.78 is 31.6. The number of benzene rings is 2. The first-order chi connectivity index (χ1) is 17.7. The van der Waals surface area contributed by atoms with Crippen molar-refractivity contribution in [2.24, 2.45) is 12.5 Å². The topological polar surface area (TPSA) is 94.5 Å². The van der Waals surface area contributed by atoms with Crippen LogP contribution in [-0.4, -0.2) is 38.2 Å². The molecule has 1 atom stereocenters. The molecule has 0 aliphatic carbocycles. The lowest BCUT2D eigenvalue weighted by Crippen LogP contribution is -2.30. The van der Waals surface area contributed by atoms with Crippen molar-refractivity contribution in [3.8, 4) is 16.9 Å². The summed E-state index contributed by atoms with van der Waals surface area (Å²) in [6.45, 7) is 10.7. The van der Waals surface area contributed by atoms with E-state index in [9.17, 15) is 18.0 Å². The van der Waals surface area contributed by atoms with E-state index in [0.29, 0.717) is 33.6 Å². The Labute approximate surface area is 225 Å². The molecule has 0 aliphatic rings. The summed E-state index contributed by atoms with van der Waals surface area (Å²) in [5.74, 6) is 0.323. The fourth-order valence-corrected chi connectivity index (χ4v) is 5.04. The van der Waals surface area contributed by atoms with Crippen LogP contribution in [0.1, 0.15) is 67.7 Å². The number of nitrogens with zero attached hydrogens (tertiary/aromatic N) is 1. The molecule has 204 valence electrons. The van der Waals surface area contributed by atoms with Gasteiger partial charge in [-0.25, -0.2) is 8.42 Å². The molecular weight excluding hydrogens is 500 g/mol. The summed E-state index contributed by atoms with van der Waals surface area (Å²) in [4.78, 5) is 26.4. The van der Waals surface area contributed by atoms with Crippen LogP contribution in [0.25, 0.3) is 11.1 Å². The van der Waals surface area contributed by atoms with Gasteiger partial charge in [0.1, 0.15) is 5.75 Å². The number of methoxy groups -OCH3 is 1. The molecule has 8 heteroatoms. The summed E-state index contributed by atoms with van der Waals surface area (Å²) in [5.41, 5.74) is 3.39. The normalized spacial score (nSPS) is 12.8. The molecule has 0 unspecified atom stereocenters. The molecule has 0 spiro atoms. The highest BCUT2D eigenvalue weighted by Crippen LogP contribution is 2.33. The summed E-state index contributed by atoms with van der Waals surface area (Å²) in [5, 5.41) is 3.51. The van der Waals surface area contributed by atoms with Crippen molar-refractivity contribution >= 4 is 15.6 Å². The standard InChI is InChI=1S/C30H38N2O5S/c1-8-38(35,36)18-21-9-14-24(29(34)22-10-12-23(37-7)13-11-22)26(15-21)27-17-32(6)28(33)16-25(27)20(2)31-19-30(3,4)5/h9-17,20,31H,8,18-19H2,1-7H3/t20-/m0/s1. The van der Waals surface area contributed by atoms with Gasteiger partial charge in [-0.05, 0) is 59.4 Å². The Balaban J connectivity index is 2.23. The van der Waals surface area contributed by atoms with Crippen LogP contribution in [0.5, 0.6) is 5.75 Å². The molecule has 0 saturated carbocycles. The van der Waals surface area contributed by atoms with E-state index in [1.54, 1.807) is 75.8 Å². The van der Waals surface area contributed by atoms with Gasteiger partial charge in [0, 0.05) is 54.3 Å². The van der Waals surface area contributed by atoms with Crippen molar-refractivity contribution in [2.75, 3.05) is 19.4 Å². The molecule has 0 bridgehead atoms. The largest absolute Gasteiger partial charge is 0.497 e. The van der Waals surface area contributed by atoms with Gasteiger partial charge in [-0.1, -0.05) is 39.8 Å².